The average molecular weight is 160 g/mol. The van der Waals surface area contributed by atoms with Gasteiger partial charge in [0.15, 0.2) is 0 Å². The topological polar surface area (TPSA) is 17.8 Å². The van der Waals surface area contributed by atoms with E-state index in [1.165, 1.54) is 11.1 Å². The van der Waals surface area contributed by atoms with Crippen LogP contribution in [0.25, 0.3) is 11.0 Å². The van der Waals surface area contributed by atoms with Gasteiger partial charge in [0.05, 0.1) is 17.4 Å². The van der Waals surface area contributed by atoms with Gasteiger partial charge in [-0.25, -0.2) is 4.98 Å². The van der Waals surface area contributed by atoms with E-state index in [2.05, 4.69) is 34.7 Å². The third kappa shape index (κ3) is 0.916. The second-order valence-corrected chi connectivity index (χ2v) is 2.99. The number of para-hydroxylation sites is 1. The SMILES string of the molecule is CCc1cccc2c1ncn2C. The summed E-state index contributed by atoms with van der Waals surface area (Å²) in [6.07, 6.45) is 2.91. The molecule has 1 aromatic heterocycles. The molecule has 0 aliphatic rings. The molecule has 1 aromatic carbocycles. The van der Waals surface area contributed by atoms with Gasteiger partial charge in [-0.1, -0.05) is 19.1 Å². The highest BCUT2D eigenvalue weighted by atomic mass is 15.0. The number of hydrogen-bond donors (Lipinski definition) is 0. The summed E-state index contributed by atoms with van der Waals surface area (Å²) in [4.78, 5) is 4.35. The molecule has 62 valence electrons. The third-order valence-corrected chi connectivity index (χ3v) is 2.22. The highest BCUT2D eigenvalue weighted by molar-refractivity contribution is 5.78. The van der Waals surface area contributed by atoms with Gasteiger partial charge in [-0.2, -0.15) is 0 Å². The van der Waals surface area contributed by atoms with Crippen LogP contribution in [0, 0.1) is 0 Å². The molecule has 1 heterocycles. The Labute approximate surface area is 71.8 Å². The van der Waals surface area contributed by atoms with E-state index in [0.29, 0.717) is 0 Å². The maximum atomic E-state index is 4.35. The molecule has 0 amide bonds. The lowest BCUT2D eigenvalue weighted by atomic mass is 10.1. The van der Waals surface area contributed by atoms with Gasteiger partial charge in [0.25, 0.3) is 0 Å². The van der Waals surface area contributed by atoms with Crippen LogP contribution in [0.15, 0.2) is 24.5 Å². The van der Waals surface area contributed by atoms with Gasteiger partial charge < -0.3 is 4.57 Å². The smallest absolute Gasteiger partial charge is 0.0955 e. The van der Waals surface area contributed by atoms with Crippen LogP contribution in [0.4, 0.5) is 0 Å². The van der Waals surface area contributed by atoms with Gasteiger partial charge in [0.1, 0.15) is 0 Å². The zero-order valence-electron chi connectivity index (χ0n) is 7.41. The minimum atomic E-state index is 1.05. The molecule has 2 aromatic rings. The first-order valence-electron chi connectivity index (χ1n) is 4.22. The summed E-state index contributed by atoms with van der Waals surface area (Å²) in [6, 6.07) is 6.32. The lowest BCUT2D eigenvalue weighted by Crippen LogP contribution is -1.85. The second kappa shape index (κ2) is 2.63. The molecule has 0 saturated heterocycles. The minimum Gasteiger partial charge on any atom is -0.334 e. The first kappa shape index (κ1) is 7.35. The van der Waals surface area contributed by atoms with Crippen molar-refractivity contribution in [1.29, 1.82) is 0 Å². The fourth-order valence-electron chi connectivity index (χ4n) is 1.50. The largest absolute Gasteiger partial charge is 0.334 e. The average Bonchev–Trinajstić information content (AvgIpc) is 2.48. The molecule has 2 nitrogen and oxygen atoms in total. The van der Waals surface area contributed by atoms with Crippen molar-refractivity contribution in [2.24, 2.45) is 7.05 Å². The van der Waals surface area contributed by atoms with Gasteiger partial charge in [-0.3, -0.25) is 0 Å². The van der Waals surface area contributed by atoms with Crippen molar-refractivity contribution in [3.05, 3.63) is 30.1 Å². The van der Waals surface area contributed by atoms with Gasteiger partial charge >= 0.3 is 0 Å². The van der Waals surface area contributed by atoms with Crippen molar-refractivity contribution in [3.63, 3.8) is 0 Å². The molecule has 0 unspecified atom stereocenters. The van der Waals surface area contributed by atoms with E-state index in [4.69, 9.17) is 0 Å². The number of aromatic nitrogens is 2. The van der Waals surface area contributed by atoms with Gasteiger partial charge in [0, 0.05) is 7.05 Å². The Bertz CT molecular complexity index is 401. The number of aryl methyl sites for hydroxylation is 2. The summed E-state index contributed by atoms with van der Waals surface area (Å²) >= 11 is 0. The molecule has 0 aliphatic carbocycles. The number of imidazole rings is 1. The number of fused-ring (bicyclic) bond motifs is 1. The summed E-state index contributed by atoms with van der Waals surface area (Å²) in [5.74, 6) is 0. The van der Waals surface area contributed by atoms with Crippen molar-refractivity contribution in [3.8, 4) is 0 Å². The van der Waals surface area contributed by atoms with Gasteiger partial charge in [0.2, 0.25) is 0 Å². The molecule has 2 heteroatoms. The molecule has 0 spiro atoms. The van der Waals surface area contributed by atoms with Crippen molar-refractivity contribution < 1.29 is 0 Å². The van der Waals surface area contributed by atoms with Crippen molar-refractivity contribution in [2.75, 3.05) is 0 Å². The monoisotopic (exact) mass is 160 g/mol. The second-order valence-electron chi connectivity index (χ2n) is 2.99. The molecule has 0 N–H and O–H groups in total. The normalized spacial score (nSPS) is 10.8. The predicted octanol–water partition coefficient (Wildman–Crippen LogP) is 2.14. The van der Waals surface area contributed by atoms with E-state index in [1.807, 2.05) is 13.4 Å². The van der Waals surface area contributed by atoms with Crippen LogP contribution in [0.3, 0.4) is 0 Å². The highest BCUT2D eigenvalue weighted by Gasteiger charge is 2.01. The summed E-state index contributed by atoms with van der Waals surface area (Å²) in [7, 11) is 2.02. The van der Waals surface area contributed by atoms with Crippen LogP contribution >= 0.6 is 0 Å². The number of nitrogens with zero attached hydrogens (tertiary/aromatic N) is 2. The third-order valence-electron chi connectivity index (χ3n) is 2.22. The molecule has 2 rings (SSSR count). The Kier molecular flexibility index (Phi) is 1.61. The van der Waals surface area contributed by atoms with Gasteiger partial charge in [-0.05, 0) is 18.1 Å². The quantitative estimate of drug-likeness (QED) is 0.625. The van der Waals surface area contributed by atoms with E-state index in [1.54, 1.807) is 0 Å². The Balaban J connectivity index is 2.81. The molecule has 12 heavy (non-hydrogen) atoms. The lowest BCUT2D eigenvalue weighted by molar-refractivity contribution is 0.948. The van der Waals surface area contributed by atoms with E-state index in [-0.39, 0.29) is 0 Å². The van der Waals surface area contributed by atoms with Crippen LogP contribution in [-0.2, 0) is 13.5 Å². The molecular weight excluding hydrogens is 148 g/mol. The molecule has 0 atom stereocenters. The zero-order valence-corrected chi connectivity index (χ0v) is 7.41. The first-order chi connectivity index (χ1) is 5.83. The van der Waals surface area contributed by atoms with Crippen LogP contribution in [0.2, 0.25) is 0 Å². The van der Waals surface area contributed by atoms with Crippen LogP contribution in [-0.4, -0.2) is 9.55 Å². The van der Waals surface area contributed by atoms with Crippen LogP contribution in [0.5, 0.6) is 0 Å². The predicted molar refractivity (Wildman–Crippen MR) is 50.1 cm³/mol. The maximum absolute atomic E-state index is 4.35. The Morgan fingerprint density at radius 3 is 3.00 bits per heavy atom. The summed E-state index contributed by atoms with van der Waals surface area (Å²) in [5.41, 5.74) is 3.69. The summed E-state index contributed by atoms with van der Waals surface area (Å²) < 4.78 is 2.05. The molecule has 0 aliphatic heterocycles. The van der Waals surface area contributed by atoms with Crippen LogP contribution in [0.1, 0.15) is 12.5 Å². The minimum absolute atomic E-state index is 1.05. The van der Waals surface area contributed by atoms with E-state index < -0.39 is 0 Å². The number of benzene rings is 1. The summed E-state index contributed by atoms with van der Waals surface area (Å²) in [5, 5.41) is 0. The zero-order chi connectivity index (χ0) is 8.55. The molecule has 0 fully saturated rings. The summed E-state index contributed by atoms with van der Waals surface area (Å²) in [6.45, 7) is 2.16. The standard InChI is InChI=1S/C10H12N2/c1-3-8-5-4-6-9-10(8)11-7-12(9)2/h4-7H,3H2,1-2H3. The number of hydrogen-bond acceptors (Lipinski definition) is 1. The highest BCUT2D eigenvalue weighted by Crippen LogP contribution is 2.16. The maximum Gasteiger partial charge on any atom is 0.0955 e. The molecule has 0 saturated carbocycles. The Hall–Kier alpha value is -1.31. The fraction of sp³-hybridized carbons (Fsp3) is 0.300. The van der Waals surface area contributed by atoms with Crippen molar-refractivity contribution >= 4 is 11.0 Å². The van der Waals surface area contributed by atoms with E-state index >= 15 is 0 Å². The molecule has 0 radical (unpaired) electrons. The molecule has 0 bridgehead atoms. The number of rotatable bonds is 1. The van der Waals surface area contributed by atoms with E-state index in [9.17, 15) is 0 Å². The Morgan fingerprint density at radius 2 is 2.25 bits per heavy atom. The van der Waals surface area contributed by atoms with Crippen molar-refractivity contribution in [2.45, 2.75) is 13.3 Å². The first-order valence-corrected chi connectivity index (χ1v) is 4.22. The van der Waals surface area contributed by atoms with Gasteiger partial charge in [-0.15, -0.1) is 0 Å². The van der Waals surface area contributed by atoms with Crippen molar-refractivity contribution in [1.82, 2.24) is 9.55 Å². The van der Waals surface area contributed by atoms with E-state index in [0.717, 1.165) is 11.9 Å². The lowest BCUT2D eigenvalue weighted by Gasteiger charge is -1.97. The molecular formula is C10H12N2. The van der Waals surface area contributed by atoms with Crippen LogP contribution < -0.4 is 0 Å². The fourth-order valence-corrected chi connectivity index (χ4v) is 1.50. The Morgan fingerprint density at radius 1 is 1.42 bits per heavy atom.